The van der Waals surface area contributed by atoms with Crippen LogP contribution in [0.4, 0.5) is 5.82 Å². The molecule has 0 radical (unpaired) electrons. The highest BCUT2D eigenvalue weighted by Crippen LogP contribution is 2.21. The maximum absolute atomic E-state index is 4.35. The monoisotopic (exact) mass is 244 g/mol. The summed E-state index contributed by atoms with van der Waals surface area (Å²) < 4.78 is 2.17. The average molecular weight is 244 g/mol. The van der Waals surface area contributed by atoms with Crippen molar-refractivity contribution in [1.29, 1.82) is 0 Å². The molecule has 1 fully saturated rings. The van der Waals surface area contributed by atoms with Gasteiger partial charge in [0.2, 0.25) is 0 Å². The lowest BCUT2D eigenvalue weighted by molar-refractivity contribution is 0.429. The molecule has 3 heterocycles. The van der Waals surface area contributed by atoms with Gasteiger partial charge in [-0.15, -0.1) is 0 Å². The van der Waals surface area contributed by atoms with E-state index < -0.39 is 0 Å². The third kappa shape index (κ3) is 2.08. The van der Waals surface area contributed by atoms with E-state index in [0.717, 1.165) is 25.3 Å². The molecule has 1 N–H and O–H groups in total. The van der Waals surface area contributed by atoms with E-state index in [4.69, 9.17) is 0 Å². The second kappa shape index (κ2) is 4.98. The quantitative estimate of drug-likeness (QED) is 0.895. The standard InChI is InChI=1S/C14H20N4/c1-2-15-12-5-4-9-17(11-12)14-7-3-6-13-16-8-10-18(13)14/h3,6-8,10,12,15H,2,4-5,9,11H2,1H3. The molecular formula is C14H20N4. The van der Waals surface area contributed by atoms with E-state index in [1.807, 2.05) is 12.4 Å². The fraction of sp³-hybridized carbons (Fsp3) is 0.500. The van der Waals surface area contributed by atoms with Crippen molar-refractivity contribution in [3.05, 3.63) is 30.6 Å². The van der Waals surface area contributed by atoms with E-state index in [2.05, 4.69) is 44.7 Å². The Hall–Kier alpha value is -1.55. The fourth-order valence-corrected chi connectivity index (χ4v) is 2.83. The molecule has 1 atom stereocenters. The Balaban J connectivity index is 1.87. The van der Waals surface area contributed by atoms with E-state index >= 15 is 0 Å². The van der Waals surface area contributed by atoms with E-state index in [9.17, 15) is 0 Å². The Morgan fingerprint density at radius 2 is 2.39 bits per heavy atom. The maximum Gasteiger partial charge on any atom is 0.138 e. The highest BCUT2D eigenvalue weighted by atomic mass is 15.2. The zero-order chi connectivity index (χ0) is 12.4. The molecule has 96 valence electrons. The van der Waals surface area contributed by atoms with Gasteiger partial charge in [0.25, 0.3) is 0 Å². The Bertz CT molecular complexity index is 517. The summed E-state index contributed by atoms with van der Waals surface area (Å²) in [5.74, 6) is 1.26. The summed E-state index contributed by atoms with van der Waals surface area (Å²) in [5, 5.41) is 3.56. The number of aromatic nitrogens is 2. The van der Waals surface area contributed by atoms with Gasteiger partial charge in [0.1, 0.15) is 11.5 Å². The molecule has 0 bridgehead atoms. The molecule has 1 aliphatic heterocycles. The number of anilines is 1. The minimum Gasteiger partial charge on any atom is -0.356 e. The van der Waals surface area contributed by atoms with Crippen LogP contribution in [-0.2, 0) is 0 Å². The molecule has 1 saturated heterocycles. The molecule has 4 nitrogen and oxygen atoms in total. The predicted molar refractivity (Wildman–Crippen MR) is 74.1 cm³/mol. The van der Waals surface area contributed by atoms with Crippen LogP contribution in [0.5, 0.6) is 0 Å². The second-order valence-electron chi connectivity index (χ2n) is 4.88. The number of imidazole rings is 1. The van der Waals surface area contributed by atoms with Crippen molar-refractivity contribution in [2.75, 3.05) is 24.5 Å². The minimum absolute atomic E-state index is 0.613. The molecule has 3 rings (SSSR count). The van der Waals surface area contributed by atoms with Gasteiger partial charge in [-0.3, -0.25) is 4.40 Å². The van der Waals surface area contributed by atoms with Gasteiger partial charge in [-0.1, -0.05) is 13.0 Å². The second-order valence-corrected chi connectivity index (χ2v) is 4.88. The Kier molecular flexibility index (Phi) is 3.19. The lowest BCUT2D eigenvalue weighted by Crippen LogP contribution is -2.46. The number of piperidine rings is 1. The van der Waals surface area contributed by atoms with Crippen LogP contribution >= 0.6 is 0 Å². The van der Waals surface area contributed by atoms with Crippen molar-refractivity contribution in [2.24, 2.45) is 0 Å². The van der Waals surface area contributed by atoms with Gasteiger partial charge < -0.3 is 10.2 Å². The number of nitrogens with one attached hydrogen (secondary N) is 1. The summed E-state index contributed by atoms with van der Waals surface area (Å²) in [7, 11) is 0. The van der Waals surface area contributed by atoms with E-state index in [0.29, 0.717) is 6.04 Å². The van der Waals surface area contributed by atoms with Crippen molar-refractivity contribution in [3.63, 3.8) is 0 Å². The van der Waals surface area contributed by atoms with E-state index in [1.165, 1.54) is 18.7 Å². The third-order valence-electron chi connectivity index (χ3n) is 3.64. The highest BCUT2D eigenvalue weighted by molar-refractivity contribution is 5.51. The Morgan fingerprint density at radius 3 is 3.28 bits per heavy atom. The van der Waals surface area contributed by atoms with Crippen LogP contribution in [-0.4, -0.2) is 35.1 Å². The lowest BCUT2D eigenvalue weighted by atomic mass is 10.1. The largest absolute Gasteiger partial charge is 0.356 e. The predicted octanol–water partition coefficient (Wildman–Crippen LogP) is 1.91. The first kappa shape index (κ1) is 11.5. The molecule has 1 aliphatic rings. The van der Waals surface area contributed by atoms with Gasteiger partial charge >= 0.3 is 0 Å². The fourth-order valence-electron chi connectivity index (χ4n) is 2.83. The summed E-state index contributed by atoms with van der Waals surface area (Å²) in [6.45, 7) is 5.45. The molecule has 0 aliphatic carbocycles. The van der Waals surface area contributed by atoms with Crippen LogP contribution in [0.25, 0.3) is 5.65 Å². The smallest absolute Gasteiger partial charge is 0.138 e. The highest BCUT2D eigenvalue weighted by Gasteiger charge is 2.20. The Labute approximate surface area is 108 Å². The molecule has 0 spiro atoms. The van der Waals surface area contributed by atoms with Gasteiger partial charge in [-0.05, 0) is 31.5 Å². The van der Waals surface area contributed by atoms with Crippen LogP contribution in [0.15, 0.2) is 30.6 Å². The number of fused-ring (bicyclic) bond motifs is 1. The number of nitrogens with zero attached hydrogens (tertiary/aromatic N) is 3. The van der Waals surface area contributed by atoms with Gasteiger partial charge in [0.05, 0.1) is 0 Å². The molecule has 0 aromatic carbocycles. The molecular weight excluding hydrogens is 224 g/mol. The molecule has 0 saturated carbocycles. The minimum atomic E-state index is 0.613. The number of likely N-dealkylation sites (N-methyl/N-ethyl adjacent to an activating group) is 1. The average Bonchev–Trinajstić information content (AvgIpc) is 2.87. The molecule has 0 amide bonds. The zero-order valence-corrected chi connectivity index (χ0v) is 10.8. The summed E-state index contributed by atoms with van der Waals surface area (Å²) >= 11 is 0. The Morgan fingerprint density at radius 1 is 1.44 bits per heavy atom. The first-order valence-electron chi connectivity index (χ1n) is 6.79. The maximum atomic E-state index is 4.35. The van der Waals surface area contributed by atoms with Gasteiger partial charge in [0.15, 0.2) is 0 Å². The van der Waals surface area contributed by atoms with Gasteiger partial charge in [-0.2, -0.15) is 0 Å². The topological polar surface area (TPSA) is 32.6 Å². The van der Waals surface area contributed by atoms with Crippen LogP contribution < -0.4 is 10.2 Å². The number of pyridine rings is 1. The van der Waals surface area contributed by atoms with E-state index in [-0.39, 0.29) is 0 Å². The van der Waals surface area contributed by atoms with Crippen LogP contribution in [0.1, 0.15) is 19.8 Å². The van der Waals surface area contributed by atoms with Crippen molar-refractivity contribution >= 4 is 11.5 Å². The molecule has 4 heteroatoms. The molecule has 18 heavy (non-hydrogen) atoms. The lowest BCUT2D eigenvalue weighted by Gasteiger charge is -2.34. The molecule has 2 aromatic heterocycles. The molecule has 2 aromatic rings. The van der Waals surface area contributed by atoms with Crippen molar-refractivity contribution in [3.8, 4) is 0 Å². The number of rotatable bonds is 3. The normalized spacial score (nSPS) is 20.5. The van der Waals surface area contributed by atoms with Gasteiger partial charge in [-0.25, -0.2) is 4.98 Å². The van der Waals surface area contributed by atoms with Gasteiger partial charge in [0, 0.05) is 31.5 Å². The van der Waals surface area contributed by atoms with Crippen molar-refractivity contribution < 1.29 is 0 Å². The summed E-state index contributed by atoms with van der Waals surface area (Å²) in [5.41, 5.74) is 1.03. The third-order valence-corrected chi connectivity index (χ3v) is 3.64. The zero-order valence-electron chi connectivity index (χ0n) is 10.8. The summed E-state index contributed by atoms with van der Waals surface area (Å²) in [6.07, 6.45) is 6.44. The number of hydrogen-bond donors (Lipinski definition) is 1. The van der Waals surface area contributed by atoms with Crippen LogP contribution in [0.2, 0.25) is 0 Å². The SMILES string of the molecule is CCNC1CCCN(c2cccc3nccn23)C1. The summed E-state index contributed by atoms with van der Waals surface area (Å²) in [6, 6.07) is 6.94. The summed E-state index contributed by atoms with van der Waals surface area (Å²) in [4.78, 5) is 6.81. The molecule has 1 unspecified atom stereocenters. The first-order valence-corrected chi connectivity index (χ1v) is 6.79. The van der Waals surface area contributed by atoms with Crippen molar-refractivity contribution in [2.45, 2.75) is 25.8 Å². The number of hydrogen-bond acceptors (Lipinski definition) is 3. The van der Waals surface area contributed by atoms with Crippen LogP contribution in [0, 0.1) is 0 Å². The van der Waals surface area contributed by atoms with Crippen LogP contribution in [0.3, 0.4) is 0 Å². The van der Waals surface area contributed by atoms with Crippen molar-refractivity contribution in [1.82, 2.24) is 14.7 Å². The first-order chi connectivity index (χ1) is 8.88. The van der Waals surface area contributed by atoms with E-state index in [1.54, 1.807) is 0 Å².